The van der Waals surface area contributed by atoms with Crippen LogP contribution >= 0.6 is 15.9 Å². The molecule has 4 rings (SSSR count). The van der Waals surface area contributed by atoms with E-state index in [-0.39, 0.29) is 18.4 Å². The molecule has 2 aromatic carbocycles. The first-order valence-electron chi connectivity index (χ1n) is 9.65. The van der Waals surface area contributed by atoms with E-state index in [0.29, 0.717) is 18.8 Å². The van der Waals surface area contributed by atoms with Crippen molar-refractivity contribution in [1.29, 1.82) is 0 Å². The predicted molar refractivity (Wildman–Crippen MR) is 118 cm³/mol. The van der Waals surface area contributed by atoms with Crippen molar-refractivity contribution in [1.82, 2.24) is 14.8 Å². The van der Waals surface area contributed by atoms with Gasteiger partial charge in [-0.3, -0.25) is 9.59 Å². The van der Waals surface area contributed by atoms with Crippen molar-refractivity contribution in [3.8, 4) is 0 Å². The van der Waals surface area contributed by atoms with E-state index in [0.717, 1.165) is 28.5 Å². The number of amides is 2. The lowest BCUT2D eigenvalue weighted by atomic mass is 10.2. The van der Waals surface area contributed by atoms with Crippen LogP contribution < -0.4 is 10.2 Å². The minimum Gasteiger partial charge on any atom is -0.368 e. The highest BCUT2D eigenvalue weighted by molar-refractivity contribution is 9.10. The van der Waals surface area contributed by atoms with Crippen molar-refractivity contribution in [2.24, 2.45) is 7.05 Å². The zero-order valence-electron chi connectivity index (χ0n) is 16.3. The highest BCUT2D eigenvalue weighted by Gasteiger charge is 2.23. The number of aryl methyl sites for hydroxylation is 1. The van der Waals surface area contributed by atoms with E-state index in [1.54, 1.807) is 0 Å². The largest absolute Gasteiger partial charge is 0.368 e. The third-order valence-electron chi connectivity index (χ3n) is 5.41. The number of rotatable bonds is 4. The number of carbonyl (C=O) groups excluding carboxylic acids is 2. The van der Waals surface area contributed by atoms with Crippen LogP contribution in [-0.4, -0.2) is 54.0 Å². The summed E-state index contributed by atoms with van der Waals surface area (Å²) in [5.74, 6) is -0.312. The number of benzene rings is 2. The van der Waals surface area contributed by atoms with Gasteiger partial charge in [0, 0.05) is 49.8 Å². The standard InChI is InChI=1S/C22H23BrN4O2/c1-25-18-10-6-5-9-17(18)20(23)21(25)22(29)24-15-19(28)27-13-11-26(12-14-27)16-7-3-2-4-8-16/h2-10H,11-15H2,1H3,(H,24,29). The average molecular weight is 455 g/mol. The number of aromatic nitrogens is 1. The number of carbonyl (C=O) groups is 2. The smallest absolute Gasteiger partial charge is 0.269 e. The van der Waals surface area contributed by atoms with Crippen LogP contribution in [0.1, 0.15) is 10.5 Å². The van der Waals surface area contributed by atoms with Crippen molar-refractivity contribution in [3.63, 3.8) is 0 Å². The van der Waals surface area contributed by atoms with Crippen molar-refractivity contribution < 1.29 is 9.59 Å². The van der Waals surface area contributed by atoms with Crippen molar-refractivity contribution in [3.05, 3.63) is 64.8 Å². The summed E-state index contributed by atoms with van der Waals surface area (Å²) in [7, 11) is 1.85. The highest BCUT2D eigenvalue weighted by atomic mass is 79.9. The van der Waals surface area contributed by atoms with Crippen LogP contribution in [0, 0.1) is 0 Å². The lowest BCUT2D eigenvalue weighted by Crippen LogP contribution is -2.51. The van der Waals surface area contributed by atoms with Crippen molar-refractivity contribution in [2.45, 2.75) is 0 Å². The van der Waals surface area contributed by atoms with Crippen LogP contribution in [0.2, 0.25) is 0 Å². The van der Waals surface area contributed by atoms with Crippen molar-refractivity contribution >= 4 is 44.3 Å². The number of nitrogens with one attached hydrogen (secondary N) is 1. The van der Waals surface area contributed by atoms with E-state index in [9.17, 15) is 9.59 Å². The number of fused-ring (bicyclic) bond motifs is 1. The molecular formula is C22H23BrN4O2. The average Bonchev–Trinajstić information content (AvgIpc) is 3.03. The number of hydrogen-bond donors (Lipinski definition) is 1. The summed E-state index contributed by atoms with van der Waals surface area (Å²) in [6.45, 7) is 2.89. The molecule has 2 amide bonds. The fourth-order valence-corrected chi connectivity index (χ4v) is 4.58. The molecule has 1 saturated heterocycles. The first-order valence-corrected chi connectivity index (χ1v) is 10.4. The number of halogens is 1. The molecule has 1 aliphatic heterocycles. The second-order valence-corrected chi connectivity index (χ2v) is 7.92. The first kappa shape index (κ1) is 19.5. The maximum Gasteiger partial charge on any atom is 0.269 e. The Kier molecular flexibility index (Phi) is 5.58. The number of para-hydroxylation sites is 2. The Morgan fingerprint density at radius 2 is 1.62 bits per heavy atom. The predicted octanol–water partition coefficient (Wildman–Crippen LogP) is 3.02. The van der Waals surface area contributed by atoms with Gasteiger partial charge in [-0.25, -0.2) is 0 Å². The molecule has 0 unspecified atom stereocenters. The zero-order valence-corrected chi connectivity index (χ0v) is 17.9. The molecule has 1 N–H and O–H groups in total. The molecule has 1 fully saturated rings. The summed E-state index contributed by atoms with van der Waals surface area (Å²) in [6.07, 6.45) is 0. The van der Waals surface area contributed by atoms with Crippen molar-refractivity contribution in [2.75, 3.05) is 37.6 Å². The van der Waals surface area contributed by atoms with Crippen LogP contribution in [0.4, 0.5) is 5.69 Å². The Labute approximate surface area is 178 Å². The molecular weight excluding hydrogens is 432 g/mol. The fourth-order valence-electron chi connectivity index (χ4n) is 3.80. The minimum absolute atomic E-state index is 0.00185. The molecule has 3 aromatic rings. The number of piperazine rings is 1. The van der Waals surface area contributed by atoms with Gasteiger partial charge in [0.2, 0.25) is 5.91 Å². The second-order valence-electron chi connectivity index (χ2n) is 7.12. The molecule has 150 valence electrons. The number of nitrogens with zero attached hydrogens (tertiary/aromatic N) is 3. The van der Waals surface area contributed by atoms with E-state index in [1.165, 1.54) is 5.69 Å². The Morgan fingerprint density at radius 3 is 2.31 bits per heavy atom. The van der Waals surface area contributed by atoms with E-state index >= 15 is 0 Å². The van der Waals surface area contributed by atoms with Gasteiger partial charge in [0.25, 0.3) is 5.91 Å². The lowest BCUT2D eigenvalue weighted by Gasteiger charge is -2.36. The SMILES string of the molecule is Cn1c(C(=O)NCC(=O)N2CCN(c3ccccc3)CC2)c(Br)c2ccccc21. The van der Waals surface area contributed by atoms with E-state index in [2.05, 4.69) is 38.3 Å². The molecule has 0 bridgehead atoms. The van der Waals surface area contributed by atoms with Crippen LogP contribution in [0.15, 0.2) is 59.1 Å². The highest BCUT2D eigenvalue weighted by Crippen LogP contribution is 2.30. The van der Waals surface area contributed by atoms with Gasteiger partial charge in [-0.05, 0) is 34.1 Å². The van der Waals surface area contributed by atoms with Gasteiger partial charge in [-0.1, -0.05) is 36.4 Å². The Hall–Kier alpha value is -2.80. The van der Waals surface area contributed by atoms with Gasteiger partial charge < -0.3 is 19.7 Å². The summed E-state index contributed by atoms with van der Waals surface area (Å²) in [6, 6.07) is 18.0. The minimum atomic E-state index is -0.258. The van der Waals surface area contributed by atoms with Crippen LogP contribution in [0.5, 0.6) is 0 Å². The Morgan fingerprint density at radius 1 is 0.966 bits per heavy atom. The van der Waals surface area contributed by atoms with Crippen LogP contribution in [0.25, 0.3) is 10.9 Å². The maximum absolute atomic E-state index is 12.7. The molecule has 1 aromatic heterocycles. The molecule has 6 nitrogen and oxygen atoms in total. The van der Waals surface area contributed by atoms with Gasteiger partial charge in [0.15, 0.2) is 0 Å². The first-order chi connectivity index (χ1) is 14.1. The third kappa shape index (κ3) is 3.87. The normalized spacial score (nSPS) is 14.3. The summed E-state index contributed by atoms with van der Waals surface area (Å²) in [4.78, 5) is 29.4. The van der Waals surface area contributed by atoms with E-state index in [4.69, 9.17) is 0 Å². The lowest BCUT2D eigenvalue weighted by molar-refractivity contribution is -0.130. The molecule has 0 radical (unpaired) electrons. The monoisotopic (exact) mass is 454 g/mol. The van der Waals surface area contributed by atoms with Gasteiger partial charge in [-0.2, -0.15) is 0 Å². The van der Waals surface area contributed by atoms with E-state index in [1.807, 2.05) is 59.0 Å². The van der Waals surface area contributed by atoms with E-state index < -0.39 is 0 Å². The molecule has 0 spiro atoms. The molecule has 2 heterocycles. The molecule has 29 heavy (non-hydrogen) atoms. The number of anilines is 1. The fraction of sp³-hybridized carbons (Fsp3) is 0.273. The second kappa shape index (κ2) is 8.29. The molecule has 0 saturated carbocycles. The van der Waals surface area contributed by atoms with Gasteiger partial charge in [-0.15, -0.1) is 0 Å². The topological polar surface area (TPSA) is 57.6 Å². The van der Waals surface area contributed by atoms with Crippen LogP contribution in [-0.2, 0) is 11.8 Å². The summed E-state index contributed by atoms with van der Waals surface area (Å²) < 4.78 is 2.59. The maximum atomic E-state index is 12.7. The molecule has 0 atom stereocenters. The summed E-state index contributed by atoms with van der Waals surface area (Å²) in [5.41, 5.74) is 2.66. The van der Waals surface area contributed by atoms with Gasteiger partial charge >= 0.3 is 0 Å². The summed E-state index contributed by atoms with van der Waals surface area (Å²) in [5, 5.41) is 3.76. The molecule has 1 aliphatic rings. The zero-order chi connectivity index (χ0) is 20.4. The third-order valence-corrected chi connectivity index (χ3v) is 6.22. The Balaban J connectivity index is 1.35. The summed E-state index contributed by atoms with van der Waals surface area (Å²) >= 11 is 3.53. The number of hydrogen-bond acceptors (Lipinski definition) is 3. The molecule has 0 aliphatic carbocycles. The Bertz CT molecular complexity index is 1000. The molecule has 7 heteroatoms. The van der Waals surface area contributed by atoms with Gasteiger partial charge in [0.1, 0.15) is 5.69 Å². The quantitative estimate of drug-likeness (QED) is 0.658. The van der Waals surface area contributed by atoms with Crippen LogP contribution in [0.3, 0.4) is 0 Å². The van der Waals surface area contributed by atoms with Gasteiger partial charge in [0.05, 0.1) is 11.0 Å².